The van der Waals surface area contributed by atoms with Crippen molar-refractivity contribution in [2.45, 2.75) is 64.4 Å². The Hall–Kier alpha value is -5.02. The van der Waals surface area contributed by atoms with E-state index in [9.17, 15) is 14.4 Å². The maximum absolute atomic E-state index is 15.1. The molecule has 286 valence electrons. The van der Waals surface area contributed by atoms with Gasteiger partial charge in [-0.05, 0) is 59.2 Å². The fourth-order valence-electron chi connectivity index (χ4n) is 7.26. The zero-order valence-electron chi connectivity index (χ0n) is 32.5. The number of nitrogens with zero attached hydrogens (tertiary/aromatic N) is 2. The molecule has 1 aliphatic heterocycles. The molecule has 1 saturated heterocycles. The minimum atomic E-state index is -3.21. The van der Waals surface area contributed by atoms with Crippen molar-refractivity contribution in [2.24, 2.45) is 13.0 Å². The summed E-state index contributed by atoms with van der Waals surface area (Å²) in [5.41, 5.74) is 1.35. The number of Topliss-reactive ketones (excluding diaryl/α,β-unsaturated/α-hetero) is 1. The molecular weight excluding hydrogens is 728 g/mol. The van der Waals surface area contributed by atoms with Crippen molar-refractivity contribution in [2.75, 3.05) is 6.61 Å². The summed E-state index contributed by atoms with van der Waals surface area (Å²) >= 11 is 0. The number of aryl methyl sites for hydroxylation is 1. The molecule has 3 atom stereocenters. The summed E-state index contributed by atoms with van der Waals surface area (Å²) in [6, 6.07) is 33.4. The van der Waals surface area contributed by atoms with Crippen LogP contribution in [-0.4, -0.2) is 59.6 Å². The van der Waals surface area contributed by atoms with E-state index in [0.29, 0.717) is 11.1 Å². The highest BCUT2D eigenvalue weighted by Crippen LogP contribution is 2.51. The van der Waals surface area contributed by atoms with Crippen LogP contribution in [0.4, 0.5) is 0 Å². The van der Waals surface area contributed by atoms with Crippen LogP contribution in [0.5, 0.6) is 0 Å². The van der Waals surface area contributed by atoms with Gasteiger partial charge in [0.1, 0.15) is 12.0 Å². The quantitative estimate of drug-likeness (QED) is 0.0324. The first-order valence-electron chi connectivity index (χ1n) is 18.5. The first kappa shape index (κ1) is 39.7. The van der Waals surface area contributed by atoms with Crippen molar-refractivity contribution in [3.63, 3.8) is 0 Å². The third kappa shape index (κ3) is 7.26. The molecule has 0 spiro atoms. The average molecular weight is 777 g/mol. The molecule has 0 radical (unpaired) electrons. The summed E-state index contributed by atoms with van der Waals surface area (Å²) in [6.45, 7) is 13.1. The van der Waals surface area contributed by atoms with Gasteiger partial charge in [-0.3, -0.25) is 14.2 Å². The lowest BCUT2D eigenvalue weighted by molar-refractivity contribution is -0.156. The number of likely N-dealkylation sites (tertiary alicyclic amines) is 1. The summed E-state index contributed by atoms with van der Waals surface area (Å²) in [6.07, 6.45) is 0.805. The van der Waals surface area contributed by atoms with Crippen molar-refractivity contribution in [3.8, 4) is 0 Å². The van der Waals surface area contributed by atoms with Crippen LogP contribution in [0.15, 0.2) is 131 Å². The van der Waals surface area contributed by atoms with E-state index in [0.717, 1.165) is 15.9 Å². The van der Waals surface area contributed by atoms with E-state index in [1.165, 1.54) is 10.6 Å². The highest BCUT2D eigenvalue weighted by atomic mass is 31.2. The third-order valence-corrected chi connectivity index (χ3v) is 19.9. The highest BCUT2D eigenvalue weighted by Gasteiger charge is 2.57. The van der Waals surface area contributed by atoms with Gasteiger partial charge in [0.15, 0.2) is 19.7 Å². The molecule has 0 unspecified atom stereocenters. The topological polar surface area (TPSA) is 108 Å². The smallest absolute Gasteiger partial charge is 0.419 e. The molecule has 0 aliphatic carbocycles. The number of ether oxygens (including phenoxy) is 1. The van der Waals surface area contributed by atoms with Crippen LogP contribution in [0.25, 0.3) is 11.1 Å². The van der Waals surface area contributed by atoms with E-state index < -0.39 is 45.0 Å². The molecule has 4 aromatic carbocycles. The van der Waals surface area contributed by atoms with Crippen LogP contribution in [0, 0.1) is 5.92 Å². The second-order valence-corrected chi connectivity index (χ2v) is 23.6. The Bertz CT molecular complexity index is 2240. The lowest BCUT2D eigenvalue weighted by Crippen LogP contribution is -2.69. The lowest BCUT2D eigenvalue weighted by atomic mass is 9.79. The summed E-state index contributed by atoms with van der Waals surface area (Å²) < 4.78 is 19.6. The molecule has 0 N–H and O–H groups in total. The summed E-state index contributed by atoms with van der Waals surface area (Å²) in [7, 11) is -0.792. The Labute approximate surface area is 323 Å². The van der Waals surface area contributed by atoms with Gasteiger partial charge in [0, 0.05) is 25.9 Å². The minimum Gasteiger partial charge on any atom is -0.457 e. The molecule has 11 heteroatoms. The van der Waals surface area contributed by atoms with E-state index in [1.54, 1.807) is 30.1 Å². The molecule has 55 heavy (non-hydrogen) atoms. The molecule has 1 fully saturated rings. The lowest BCUT2D eigenvalue weighted by Gasteiger charge is -2.53. The molecule has 0 bridgehead atoms. The van der Waals surface area contributed by atoms with Gasteiger partial charge in [0.25, 0.3) is 0 Å². The van der Waals surface area contributed by atoms with E-state index in [-0.39, 0.29) is 40.8 Å². The van der Waals surface area contributed by atoms with Gasteiger partial charge in [0.05, 0.1) is 23.6 Å². The number of ketones is 1. The van der Waals surface area contributed by atoms with Gasteiger partial charge in [-0.25, -0.2) is 9.59 Å². The van der Waals surface area contributed by atoms with Gasteiger partial charge in [-0.2, -0.15) is 0 Å². The van der Waals surface area contributed by atoms with Crippen LogP contribution in [-0.2, 0) is 25.8 Å². The second kappa shape index (κ2) is 15.6. The minimum absolute atomic E-state index is 0.0804. The first-order valence-corrected chi connectivity index (χ1v) is 23.2. The Balaban J connectivity index is 1.63. The fraction of sp³-hybridized carbons (Fsp3) is 0.295. The van der Waals surface area contributed by atoms with Crippen molar-refractivity contribution in [1.29, 1.82) is 0 Å². The summed E-state index contributed by atoms with van der Waals surface area (Å²) in [5.74, 6) is -2.54. The average Bonchev–Trinajstić information content (AvgIpc) is 3.45. The van der Waals surface area contributed by atoms with E-state index in [1.807, 2.05) is 97.9 Å². The van der Waals surface area contributed by atoms with Crippen molar-refractivity contribution >= 4 is 65.3 Å². The van der Waals surface area contributed by atoms with Crippen LogP contribution < -0.4 is 21.7 Å². The number of aromatic nitrogens is 1. The van der Waals surface area contributed by atoms with Crippen molar-refractivity contribution < 1.29 is 28.0 Å². The zero-order valence-corrected chi connectivity index (χ0v) is 34.4. The molecule has 9 nitrogen and oxygen atoms in total. The second-order valence-electron chi connectivity index (χ2n) is 15.5. The predicted octanol–water partition coefficient (Wildman–Crippen LogP) is 6.79. The number of amides is 1. The number of carbonyl (C=O) groups excluding carboxylic acids is 3. The number of hydrogen-bond donors (Lipinski definition) is 0. The molecule has 1 amide bonds. The van der Waals surface area contributed by atoms with Crippen molar-refractivity contribution in [3.05, 3.63) is 138 Å². The standard InChI is InChI=1S/C44H49N2O7PSi/c1-9-27-51-42(49)41(54(32-19-13-10-14-20-32,33-21-15-11-16-22-33)34-23-17-12-18-24-34)46-36(39(40(46)48)30(2)53-55(7,8)44(3,4)5)29-37(47)31-25-26-35-38(28-31)52-43(50)45(35)6/h9-26,28,30,36,39H,1,27,29H2,2-8H3/t30-,36-,39-/m1/s1. The van der Waals surface area contributed by atoms with Gasteiger partial charge in [-0.15, -0.1) is 0 Å². The maximum Gasteiger partial charge on any atom is 0.419 e. The number of hydrogen-bond acceptors (Lipinski definition) is 7. The molecule has 5 aromatic rings. The molecule has 1 aliphatic rings. The number of oxazole rings is 1. The van der Waals surface area contributed by atoms with E-state index in [2.05, 4.69) is 40.4 Å². The van der Waals surface area contributed by atoms with E-state index in [4.69, 9.17) is 13.6 Å². The predicted molar refractivity (Wildman–Crippen MR) is 224 cm³/mol. The third-order valence-electron chi connectivity index (χ3n) is 11.1. The summed E-state index contributed by atoms with van der Waals surface area (Å²) in [4.78, 5) is 58.3. The van der Waals surface area contributed by atoms with Gasteiger partial charge >= 0.3 is 11.7 Å². The molecule has 6 rings (SSSR count). The first-order chi connectivity index (χ1) is 26.1. The zero-order chi connectivity index (χ0) is 39.7. The molecule has 1 aromatic heterocycles. The normalized spacial score (nSPS) is 16.7. The fourth-order valence-corrected chi connectivity index (χ4v) is 13.1. The number of benzene rings is 4. The number of fused-ring (bicyclic) bond motifs is 1. The number of esters is 1. The largest absolute Gasteiger partial charge is 0.457 e. The molecular formula is C44H49N2O7PSi. The van der Waals surface area contributed by atoms with Crippen LogP contribution in [0.2, 0.25) is 18.1 Å². The Morgan fingerprint density at radius 3 is 1.91 bits per heavy atom. The van der Waals surface area contributed by atoms with Crippen molar-refractivity contribution in [1.82, 2.24) is 9.47 Å². The maximum atomic E-state index is 15.1. The Kier molecular flexibility index (Phi) is 11.3. The summed E-state index contributed by atoms with van der Waals surface area (Å²) in [5, 5.41) is 2.38. The van der Waals surface area contributed by atoms with Gasteiger partial charge in [-0.1, -0.05) is 124 Å². The number of carbonyl (C=O) groups is 3. The van der Waals surface area contributed by atoms with Crippen LogP contribution in [0.3, 0.4) is 0 Å². The van der Waals surface area contributed by atoms with Gasteiger partial charge < -0.3 is 18.5 Å². The molecule has 0 saturated carbocycles. The number of β-lactam (4-membered cyclic amide) rings is 1. The Morgan fingerprint density at radius 1 is 0.891 bits per heavy atom. The SMILES string of the molecule is C=CCOC(=O)C(N1C(=O)[C@H]([C@@H](C)O[Si](C)(C)C(C)(C)C)[C@H]1CC(=O)c1ccc2c(c1)oc(=O)n2C)=P(c1ccccc1)(c1ccccc1)c1ccccc1. The highest BCUT2D eigenvalue weighted by molar-refractivity contribution is 7.96. The van der Waals surface area contributed by atoms with Crippen LogP contribution in [0.1, 0.15) is 44.5 Å². The monoisotopic (exact) mass is 776 g/mol. The Morgan fingerprint density at radius 2 is 1.42 bits per heavy atom. The number of rotatable bonds is 13. The van der Waals surface area contributed by atoms with E-state index >= 15 is 4.79 Å². The van der Waals surface area contributed by atoms with Crippen LogP contribution >= 0.6 is 6.89 Å². The molecule has 2 heterocycles. The van der Waals surface area contributed by atoms with Gasteiger partial charge in [0.2, 0.25) is 5.91 Å².